The average Bonchev–Trinajstić information content (AvgIpc) is 3.18. The average molecular weight is 540 g/mol. The first-order valence-electron chi connectivity index (χ1n) is 11.4. The third-order valence-electron chi connectivity index (χ3n) is 6.02. The van der Waals surface area contributed by atoms with Gasteiger partial charge in [-0.3, -0.25) is 4.57 Å². The molecule has 1 aliphatic rings. The van der Waals surface area contributed by atoms with Crippen molar-refractivity contribution < 1.29 is 26.7 Å². The summed E-state index contributed by atoms with van der Waals surface area (Å²) in [7, 11) is -4.14. The first-order valence-corrected chi connectivity index (χ1v) is 13.3. The lowest BCUT2D eigenvalue weighted by Crippen LogP contribution is -2.50. The Morgan fingerprint density at radius 1 is 1.06 bits per heavy atom. The molecule has 0 aliphatic carbocycles. The fourth-order valence-corrected chi connectivity index (χ4v) is 5.90. The van der Waals surface area contributed by atoms with Gasteiger partial charge in [0, 0.05) is 48.5 Å². The first kappa shape index (κ1) is 26.2. The molecule has 0 spiro atoms. The standard InChI is InChI=1S/C25H28ClF2N3O4S/c1-16-5-7-18(14-21(16)29-9-11-30(12-10-29)24(32)35-25(2,3)4)36(33,34)22-15-31(23(27)28)20-8-6-17(26)13-19(20)22/h5-8,13-15,23H,9-12H2,1-4H3. The van der Waals surface area contributed by atoms with Crippen LogP contribution in [0.5, 0.6) is 0 Å². The number of aryl methyl sites for hydroxylation is 1. The molecule has 1 aromatic heterocycles. The maximum Gasteiger partial charge on any atom is 0.410 e. The first-order chi connectivity index (χ1) is 16.8. The fraction of sp³-hybridized carbons (Fsp3) is 0.400. The van der Waals surface area contributed by atoms with Crippen LogP contribution in [0.4, 0.5) is 19.3 Å². The van der Waals surface area contributed by atoms with E-state index in [2.05, 4.69) is 0 Å². The molecule has 11 heteroatoms. The summed E-state index contributed by atoms with van der Waals surface area (Å²) < 4.78 is 60.6. The van der Waals surface area contributed by atoms with Gasteiger partial charge in [-0.1, -0.05) is 17.7 Å². The van der Waals surface area contributed by atoms with Crippen LogP contribution in [-0.2, 0) is 14.6 Å². The number of nitrogens with zero attached hydrogens (tertiary/aromatic N) is 3. The highest BCUT2D eigenvalue weighted by Gasteiger charge is 2.29. The van der Waals surface area contributed by atoms with Crippen molar-refractivity contribution in [2.24, 2.45) is 0 Å². The number of piperazine rings is 1. The number of alkyl halides is 2. The van der Waals surface area contributed by atoms with E-state index in [-0.39, 0.29) is 31.8 Å². The van der Waals surface area contributed by atoms with Crippen LogP contribution in [0.3, 0.4) is 0 Å². The lowest BCUT2D eigenvalue weighted by atomic mass is 10.1. The van der Waals surface area contributed by atoms with Crippen LogP contribution in [0.15, 0.2) is 52.4 Å². The quantitative estimate of drug-likeness (QED) is 0.413. The number of fused-ring (bicyclic) bond motifs is 1. The van der Waals surface area contributed by atoms with E-state index in [4.69, 9.17) is 16.3 Å². The molecule has 0 atom stereocenters. The summed E-state index contributed by atoms with van der Waals surface area (Å²) in [6.07, 6.45) is 0.574. The zero-order chi connectivity index (χ0) is 26.4. The van der Waals surface area contributed by atoms with Gasteiger partial charge in [0.2, 0.25) is 9.84 Å². The number of carbonyl (C=O) groups is 1. The predicted octanol–water partition coefficient (Wildman–Crippen LogP) is 5.89. The van der Waals surface area contributed by atoms with Crippen molar-refractivity contribution in [1.82, 2.24) is 9.47 Å². The van der Waals surface area contributed by atoms with Gasteiger partial charge in [0.15, 0.2) is 0 Å². The van der Waals surface area contributed by atoms with Gasteiger partial charge >= 0.3 is 12.6 Å². The molecule has 194 valence electrons. The molecule has 0 N–H and O–H groups in total. The molecule has 0 saturated carbocycles. The van der Waals surface area contributed by atoms with Gasteiger partial charge in [-0.25, -0.2) is 13.2 Å². The fourth-order valence-electron chi connectivity index (χ4n) is 4.25. The number of halogens is 3. The van der Waals surface area contributed by atoms with E-state index in [1.165, 1.54) is 24.3 Å². The Kier molecular flexibility index (Phi) is 6.96. The van der Waals surface area contributed by atoms with Crippen LogP contribution in [-0.4, -0.2) is 55.8 Å². The molecule has 0 bridgehead atoms. The van der Waals surface area contributed by atoms with Crippen LogP contribution in [0.25, 0.3) is 10.9 Å². The van der Waals surface area contributed by atoms with Crippen LogP contribution >= 0.6 is 11.6 Å². The SMILES string of the molecule is Cc1ccc(S(=O)(=O)c2cn(C(F)F)c3ccc(Cl)cc23)cc1N1CCN(C(=O)OC(C)(C)C)CC1. The smallest absolute Gasteiger partial charge is 0.410 e. The Morgan fingerprint density at radius 3 is 2.33 bits per heavy atom. The second-order valence-electron chi connectivity index (χ2n) is 9.75. The molecule has 2 aromatic carbocycles. The van der Waals surface area contributed by atoms with E-state index in [1.54, 1.807) is 17.0 Å². The Morgan fingerprint density at radius 2 is 1.72 bits per heavy atom. The molecule has 2 heterocycles. The normalized spacial score (nSPS) is 15.1. The van der Waals surface area contributed by atoms with Crippen molar-refractivity contribution in [3.05, 3.63) is 53.2 Å². The topological polar surface area (TPSA) is 71.9 Å². The highest BCUT2D eigenvalue weighted by atomic mass is 35.5. The maximum absolute atomic E-state index is 13.6. The van der Waals surface area contributed by atoms with Crippen molar-refractivity contribution in [2.75, 3.05) is 31.1 Å². The lowest BCUT2D eigenvalue weighted by Gasteiger charge is -2.37. The number of sulfone groups is 1. The zero-order valence-corrected chi connectivity index (χ0v) is 22.0. The Balaban J connectivity index is 1.65. The molecular weight excluding hydrogens is 512 g/mol. The molecule has 3 aromatic rings. The largest absolute Gasteiger partial charge is 0.444 e. The molecule has 1 saturated heterocycles. The number of hydrogen-bond donors (Lipinski definition) is 0. The summed E-state index contributed by atoms with van der Waals surface area (Å²) in [5, 5.41) is 0.384. The molecule has 1 aliphatic heterocycles. The molecule has 1 amide bonds. The molecule has 1 fully saturated rings. The van der Waals surface area contributed by atoms with E-state index in [0.717, 1.165) is 11.8 Å². The minimum Gasteiger partial charge on any atom is -0.444 e. The van der Waals surface area contributed by atoms with E-state index in [0.29, 0.717) is 36.4 Å². The molecule has 4 rings (SSSR count). The predicted molar refractivity (Wildman–Crippen MR) is 135 cm³/mol. The van der Waals surface area contributed by atoms with Gasteiger partial charge < -0.3 is 14.5 Å². The summed E-state index contributed by atoms with van der Waals surface area (Å²) in [4.78, 5) is 15.8. The summed E-state index contributed by atoms with van der Waals surface area (Å²) in [5.74, 6) is 0. The Hall–Kier alpha value is -2.85. The van der Waals surface area contributed by atoms with Crippen LogP contribution in [0.1, 0.15) is 32.9 Å². The second-order valence-corrected chi connectivity index (χ2v) is 12.1. The summed E-state index contributed by atoms with van der Waals surface area (Å²) in [6.45, 7) is 6.21. The minimum atomic E-state index is -4.14. The van der Waals surface area contributed by atoms with Gasteiger partial charge in [0.1, 0.15) is 5.60 Å². The van der Waals surface area contributed by atoms with Gasteiger partial charge in [0.05, 0.1) is 15.3 Å². The van der Waals surface area contributed by atoms with E-state index >= 15 is 0 Å². The van der Waals surface area contributed by atoms with Gasteiger partial charge in [-0.05, 0) is 63.6 Å². The summed E-state index contributed by atoms with van der Waals surface area (Å²) in [6, 6.07) is 8.94. The Bertz CT molecular complexity index is 1410. The van der Waals surface area contributed by atoms with E-state index in [1.807, 2.05) is 32.6 Å². The number of anilines is 1. The number of carbonyl (C=O) groups excluding carboxylic acids is 1. The molecular formula is C25H28ClF2N3O4S. The highest BCUT2D eigenvalue weighted by Crippen LogP contribution is 2.36. The minimum absolute atomic E-state index is 0.00837. The second kappa shape index (κ2) is 9.55. The number of benzene rings is 2. The number of hydrogen-bond acceptors (Lipinski definition) is 5. The number of ether oxygens (including phenoxy) is 1. The van der Waals surface area contributed by atoms with E-state index in [9.17, 15) is 22.0 Å². The van der Waals surface area contributed by atoms with Crippen LogP contribution in [0, 0.1) is 6.92 Å². The molecule has 0 unspecified atom stereocenters. The van der Waals surface area contributed by atoms with Crippen molar-refractivity contribution in [3.63, 3.8) is 0 Å². The van der Waals surface area contributed by atoms with Crippen molar-refractivity contribution in [3.8, 4) is 0 Å². The number of amides is 1. The molecule has 0 radical (unpaired) electrons. The number of aromatic nitrogens is 1. The highest BCUT2D eigenvalue weighted by molar-refractivity contribution is 7.91. The van der Waals surface area contributed by atoms with Crippen molar-refractivity contribution in [1.29, 1.82) is 0 Å². The van der Waals surface area contributed by atoms with Crippen LogP contribution in [0.2, 0.25) is 5.02 Å². The van der Waals surface area contributed by atoms with Crippen molar-refractivity contribution >= 4 is 44.1 Å². The monoisotopic (exact) mass is 539 g/mol. The van der Waals surface area contributed by atoms with E-state index < -0.39 is 22.0 Å². The third kappa shape index (κ3) is 5.15. The maximum atomic E-state index is 13.6. The van der Waals surface area contributed by atoms with Gasteiger partial charge in [-0.15, -0.1) is 0 Å². The van der Waals surface area contributed by atoms with Gasteiger partial charge in [0.25, 0.3) is 0 Å². The summed E-state index contributed by atoms with van der Waals surface area (Å²) in [5.41, 5.74) is 1.05. The third-order valence-corrected chi connectivity index (χ3v) is 8.04. The zero-order valence-electron chi connectivity index (χ0n) is 20.5. The van der Waals surface area contributed by atoms with Crippen LogP contribution < -0.4 is 4.90 Å². The summed E-state index contributed by atoms with van der Waals surface area (Å²) >= 11 is 6.06. The lowest BCUT2D eigenvalue weighted by molar-refractivity contribution is 0.0240. The molecule has 36 heavy (non-hydrogen) atoms. The number of rotatable bonds is 4. The van der Waals surface area contributed by atoms with Gasteiger partial charge in [-0.2, -0.15) is 8.78 Å². The van der Waals surface area contributed by atoms with Crippen molar-refractivity contribution in [2.45, 2.75) is 49.6 Å². The Labute approximate surface area is 214 Å². The molecule has 7 nitrogen and oxygen atoms in total.